The average Bonchev–Trinajstić information content (AvgIpc) is 3.12. The molecule has 36 heavy (non-hydrogen) atoms. The van der Waals surface area contributed by atoms with Crippen LogP contribution in [-0.2, 0) is 17.9 Å². The fourth-order valence-corrected chi connectivity index (χ4v) is 4.51. The highest BCUT2D eigenvalue weighted by Crippen LogP contribution is 2.38. The van der Waals surface area contributed by atoms with Crippen LogP contribution in [0.2, 0.25) is 5.02 Å². The zero-order valence-electron chi connectivity index (χ0n) is 18.8. The zero-order valence-corrected chi connectivity index (χ0v) is 20.3. The SMILES string of the molecule is COc1cccc(/C=C2\SC(=O)N(Cc3ccc([N+](=O)[O-])cc3)C2=O)c1OCc1c(F)cccc1Cl. The predicted molar refractivity (Wildman–Crippen MR) is 133 cm³/mol. The number of imide groups is 1. The molecule has 0 N–H and O–H groups in total. The van der Waals surface area contributed by atoms with Gasteiger partial charge in [0.05, 0.1) is 28.5 Å². The number of thioether (sulfide) groups is 1. The zero-order chi connectivity index (χ0) is 25.8. The highest BCUT2D eigenvalue weighted by Gasteiger charge is 2.35. The van der Waals surface area contributed by atoms with Crippen LogP contribution in [0.15, 0.2) is 65.6 Å². The van der Waals surface area contributed by atoms with Gasteiger partial charge in [0.25, 0.3) is 16.8 Å². The molecule has 0 aromatic heterocycles. The minimum atomic E-state index is -0.527. The Morgan fingerprint density at radius 1 is 1.11 bits per heavy atom. The fraction of sp³-hybridized carbons (Fsp3) is 0.120. The maximum atomic E-state index is 14.2. The third-order valence-corrected chi connectivity index (χ3v) is 6.56. The Kier molecular flexibility index (Phi) is 7.56. The molecule has 1 aliphatic rings. The van der Waals surface area contributed by atoms with Gasteiger partial charge >= 0.3 is 0 Å². The first-order chi connectivity index (χ1) is 17.3. The average molecular weight is 529 g/mol. The lowest BCUT2D eigenvalue weighted by atomic mass is 10.1. The standard InChI is InChI=1S/C25H18ClFN2O6S/c1-34-21-7-2-4-16(23(21)35-14-18-19(26)5-3-6-20(18)27)12-22-24(30)28(25(31)36-22)13-15-8-10-17(11-9-15)29(32)33/h2-12H,13-14H2,1H3/b22-12-. The number of hydrogen-bond acceptors (Lipinski definition) is 7. The van der Waals surface area contributed by atoms with E-state index < -0.39 is 21.9 Å². The highest BCUT2D eigenvalue weighted by molar-refractivity contribution is 8.18. The second-order valence-corrected chi connectivity index (χ2v) is 8.96. The second kappa shape index (κ2) is 10.8. The first kappa shape index (κ1) is 25.2. The predicted octanol–water partition coefficient (Wildman–Crippen LogP) is 6.21. The normalized spacial score (nSPS) is 14.4. The summed E-state index contributed by atoms with van der Waals surface area (Å²) in [6.45, 7) is -0.221. The number of halogens is 2. The summed E-state index contributed by atoms with van der Waals surface area (Å²) in [5, 5.41) is 10.6. The van der Waals surface area contributed by atoms with Gasteiger partial charge in [0.15, 0.2) is 11.5 Å². The van der Waals surface area contributed by atoms with Crippen molar-refractivity contribution in [2.75, 3.05) is 7.11 Å². The van der Waals surface area contributed by atoms with E-state index in [0.29, 0.717) is 16.9 Å². The Labute approximate surface area is 214 Å². The van der Waals surface area contributed by atoms with Crippen LogP contribution in [0.1, 0.15) is 16.7 Å². The van der Waals surface area contributed by atoms with Crippen LogP contribution in [-0.4, -0.2) is 28.1 Å². The lowest BCUT2D eigenvalue weighted by Gasteiger charge is -2.15. The Morgan fingerprint density at radius 3 is 2.50 bits per heavy atom. The molecular weight excluding hydrogens is 511 g/mol. The number of para-hydroxylation sites is 1. The number of carbonyl (C=O) groups excluding carboxylic acids is 2. The molecule has 1 heterocycles. The third kappa shape index (κ3) is 5.34. The summed E-state index contributed by atoms with van der Waals surface area (Å²) in [7, 11) is 1.44. The van der Waals surface area contributed by atoms with Crippen molar-refractivity contribution in [3.05, 3.63) is 103 Å². The number of nitro groups is 1. The van der Waals surface area contributed by atoms with Gasteiger partial charge in [0.1, 0.15) is 12.4 Å². The quantitative estimate of drug-likeness (QED) is 0.195. The summed E-state index contributed by atoms with van der Waals surface area (Å²) in [5.74, 6) is -0.441. The monoisotopic (exact) mass is 528 g/mol. The fourth-order valence-electron chi connectivity index (χ4n) is 3.46. The number of methoxy groups -OCH3 is 1. The maximum Gasteiger partial charge on any atom is 0.293 e. The van der Waals surface area contributed by atoms with Crippen LogP contribution in [0.5, 0.6) is 11.5 Å². The molecule has 0 unspecified atom stereocenters. The molecule has 3 aromatic carbocycles. The molecule has 0 aliphatic carbocycles. The molecule has 1 saturated heterocycles. The van der Waals surface area contributed by atoms with E-state index in [4.69, 9.17) is 21.1 Å². The van der Waals surface area contributed by atoms with E-state index >= 15 is 0 Å². The summed E-state index contributed by atoms with van der Waals surface area (Å²) < 4.78 is 25.4. The first-order valence-corrected chi connectivity index (χ1v) is 11.7. The van der Waals surface area contributed by atoms with Gasteiger partial charge in [-0.3, -0.25) is 24.6 Å². The van der Waals surface area contributed by atoms with Crippen molar-refractivity contribution in [3.63, 3.8) is 0 Å². The van der Waals surface area contributed by atoms with Gasteiger partial charge in [-0.1, -0.05) is 41.9 Å². The molecule has 2 amide bonds. The Bertz CT molecular complexity index is 1360. The van der Waals surface area contributed by atoms with Crippen molar-refractivity contribution >= 4 is 46.3 Å². The van der Waals surface area contributed by atoms with E-state index in [-0.39, 0.29) is 40.1 Å². The molecule has 11 heteroatoms. The van der Waals surface area contributed by atoms with E-state index in [0.717, 1.165) is 16.7 Å². The summed E-state index contributed by atoms with van der Waals surface area (Å²) in [6, 6.07) is 14.9. The number of benzene rings is 3. The summed E-state index contributed by atoms with van der Waals surface area (Å²) in [5.41, 5.74) is 1.09. The number of hydrogen-bond donors (Lipinski definition) is 0. The molecular formula is C25H18ClFN2O6S. The molecule has 1 aliphatic heterocycles. The van der Waals surface area contributed by atoms with Gasteiger partial charge in [-0.25, -0.2) is 4.39 Å². The number of amides is 2. The Morgan fingerprint density at radius 2 is 1.83 bits per heavy atom. The Hall–Kier alpha value is -3.89. The molecule has 0 saturated carbocycles. The largest absolute Gasteiger partial charge is 0.493 e. The lowest BCUT2D eigenvalue weighted by Crippen LogP contribution is -2.27. The minimum Gasteiger partial charge on any atom is -0.493 e. The first-order valence-electron chi connectivity index (χ1n) is 10.5. The number of carbonyl (C=O) groups is 2. The van der Waals surface area contributed by atoms with Crippen molar-refractivity contribution in [1.29, 1.82) is 0 Å². The van der Waals surface area contributed by atoms with Crippen molar-refractivity contribution < 1.29 is 28.4 Å². The Balaban J connectivity index is 1.58. The van der Waals surface area contributed by atoms with Crippen molar-refractivity contribution in [1.82, 2.24) is 4.90 Å². The molecule has 4 rings (SSSR count). The summed E-state index contributed by atoms with van der Waals surface area (Å²) in [6.07, 6.45) is 1.50. The third-order valence-electron chi connectivity index (χ3n) is 5.30. The van der Waals surface area contributed by atoms with E-state index in [9.17, 15) is 24.1 Å². The van der Waals surface area contributed by atoms with E-state index in [1.807, 2.05) is 0 Å². The molecule has 0 bridgehead atoms. The van der Waals surface area contributed by atoms with Crippen molar-refractivity contribution in [2.45, 2.75) is 13.2 Å². The number of rotatable bonds is 8. The number of non-ortho nitro benzene ring substituents is 1. The number of nitro benzene ring substituents is 1. The molecule has 1 fully saturated rings. The van der Waals surface area contributed by atoms with Gasteiger partial charge in [-0.05, 0) is 41.6 Å². The topological polar surface area (TPSA) is 99.0 Å². The van der Waals surface area contributed by atoms with Gasteiger partial charge in [0, 0.05) is 23.3 Å². The number of ether oxygens (including phenoxy) is 2. The van der Waals surface area contributed by atoms with E-state index in [1.54, 1.807) is 24.3 Å². The van der Waals surface area contributed by atoms with E-state index in [1.165, 1.54) is 49.6 Å². The maximum absolute atomic E-state index is 14.2. The van der Waals surface area contributed by atoms with Crippen LogP contribution in [0.4, 0.5) is 14.9 Å². The van der Waals surface area contributed by atoms with Gasteiger partial charge in [0.2, 0.25) is 0 Å². The smallest absolute Gasteiger partial charge is 0.293 e. The minimum absolute atomic E-state index is 0.0345. The van der Waals surface area contributed by atoms with Crippen LogP contribution in [0.25, 0.3) is 6.08 Å². The van der Waals surface area contributed by atoms with E-state index in [2.05, 4.69) is 0 Å². The molecule has 0 spiro atoms. The highest BCUT2D eigenvalue weighted by atomic mass is 35.5. The molecule has 3 aromatic rings. The molecule has 184 valence electrons. The molecule has 0 radical (unpaired) electrons. The van der Waals surface area contributed by atoms with Crippen LogP contribution < -0.4 is 9.47 Å². The van der Waals surface area contributed by atoms with Crippen molar-refractivity contribution in [3.8, 4) is 11.5 Å². The van der Waals surface area contributed by atoms with Crippen LogP contribution >= 0.6 is 23.4 Å². The summed E-state index contributed by atoms with van der Waals surface area (Å²) in [4.78, 5) is 37.1. The number of nitrogens with zero attached hydrogens (tertiary/aromatic N) is 2. The van der Waals surface area contributed by atoms with Crippen molar-refractivity contribution in [2.24, 2.45) is 0 Å². The second-order valence-electron chi connectivity index (χ2n) is 7.56. The van der Waals surface area contributed by atoms with Gasteiger partial charge in [-0.2, -0.15) is 0 Å². The van der Waals surface area contributed by atoms with Gasteiger partial charge in [-0.15, -0.1) is 0 Å². The van der Waals surface area contributed by atoms with Crippen LogP contribution in [0, 0.1) is 15.9 Å². The summed E-state index contributed by atoms with van der Waals surface area (Å²) >= 11 is 6.86. The van der Waals surface area contributed by atoms with Crippen LogP contribution in [0.3, 0.4) is 0 Å². The molecule has 8 nitrogen and oxygen atoms in total. The molecule has 0 atom stereocenters. The lowest BCUT2D eigenvalue weighted by molar-refractivity contribution is -0.384. The van der Waals surface area contributed by atoms with Gasteiger partial charge < -0.3 is 9.47 Å².